The third kappa shape index (κ3) is 6.72. The Kier molecular flexibility index (Phi) is 9.10. The lowest BCUT2D eigenvalue weighted by molar-refractivity contribution is -0.134. The Labute approximate surface area is 176 Å². The van der Waals surface area contributed by atoms with Gasteiger partial charge < -0.3 is 29.3 Å². The van der Waals surface area contributed by atoms with E-state index in [9.17, 15) is 9.59 Å². The first-order chi connectivity index (χ1) is 14.3. The molecule has 166 valence electrons. The van der Waals surface area contributed by atoms with E-state index in [-0.39, 0.29) is 6.10 Å². The standard InChI is InChI=1S/C17H26N2O3.C4H4O4/c1-18-7-9-19(10-8-18)12-16-17-13(6-11-22-16)14(20-2)4-5-15(17)21-3;5-3(6)1-2-4(7)8/h4-5,16H,6-12H2,1-3H3;1-2H,(H,5,6)(H,7,8). The maximum absolute atomic E-state index is 9.55. The molecule has 0 bridgehead atoms. The van der Waals surface area contributed by atoms with Crippen LogP contribution in [0.2, 0.25) is 0 Å². The maximum Gasteiger partial charge on any atom is 0.328 e. The molecule has 1 atom stereocenters. The van der Waals surface area contributed by atoms with Gasteiger partial charge in [0.1, 0.15) is 11.5 Å². The number of hydrogen-bond donors (Lipinski definition) is 2. The largest absolute Gasteiger partial charge is 0.496 e. The van der Waals surface area contributed by atoms with Gasteiger partial charge in [-0.25, -0.2) is 9.59 Å². The second-order valence-electron chi connectivity index (χ2n) is 7.09. The highest BCUT2D eigenvalue weighted by Crippen LogP contribution is 2.40. The number of nitrogens with zero attached hydrogens (tertiary/aromatic N) is 2. The van der Waals surface area contributed by atoms with Crippen LogP contribution in [-0.4, -0.2) is 92.5 Å². The van der Waals surface area contributed by atoms with Crippen LogP contribution in [0.1, 0.15) is 17.2 Å². The van der Waals surface area contributed by atoms with Crippen LogP contribution in [0.3, 0.4) is 0 Å². The fourth-order valence-electron chi connectivity index (χ4n) is 3.54. The molecule has 1 aromatic carbocycles. The van der Waals surface area contributed by atoms with E-state index >= 15 is 0 Å². The number of hydrogen-bond acceptors (Lipinski definition) is 7. The molecule has 30 heavy (non-hydrogen) atoms. The Bertz CT molecular complexity index is 742. The predicted octanol–water partition coefficient (Wildman–Crippen LogP) is 1.28. The molecule has 2 heterocycles. The van der Waals surface area contributed by atoms with E-state index in [2.05, 4.69) is 16.8 Å². The van der Waals surface area contributed by atoms with Crippen molar-refractivity contribution in [3.63, 3.8) is 0 Å². The summed E-state index contributed by atoms with van der Waals surface area (Å²) in [6.45, 7) is 6.10. The molecular weight excluding hydrogens is 392 g/mol. The summed E-state index contributed by atoms with van der Waals surface area (Å²) in [5.74, 6) is -0.656. The number of likely N-dealkylation sites (N-methyl/N-ethyl adjacent to an activating group) is 1. The molecule has 2 aliphatic heterocycles. The minimum absolute atomic E-state index is 0.0669. The number of carboxylic acid groups (broad SMARTS) is 2. The van der Waals surface area contributed by atoms with E-state index in [4.69, 9.17) is 24.4 Å². The van der Waals surface area contributed by atoms with Crippen molar-refractivity contribution in [3.05, 3.63) is 35.4 Å². The zero-order valence-electron chi connectivity index (χ0n) is 17.7. The number of ether oxygens (including phenoxy) is 3. The van der Waals surface area contributed by atoms with Crippen LogP contribution < -0.4 is 9.47 Å². The van der Waals surface area contributed by atoms with E-state index in [0.717, 1.165) is 57.3 Å². The van der Waals surface area contributed by atoms with Gasteiger partial charge in [0, 0.05) is 56.0 Å². The Hall–Kier alpha value is -2.62. The van der Waals surface area contributed by atoms with Crippen LogP contribution in [0.5, 0.6) is 11.5 Å². The third-order valence-corrected chi connectivity index (χ3v) is 5.10. The van der Waals surface area contributed by atoms with Crippen molar-refractivity contribution < 1.29 is 34.0 Å². The molecular formula is C21H30N2O7. The summed E-state index contributed by atoms with van der Waals surface area (Å²) in [5, 5.41) is 15.6. The minimum Gasteiger partial charge on any atom is -0.496 e. The fourth-order valence-corrected chi connectivity index (χ4v) is 3.54. The first-order valence-corrected chi connectivity index (χ1v) is 9.75. The fraction of sp³-hybridized carbons (Fsp3) is 0.524. The molecule has 2 N–H and O–H groups in total. The van der Waals surface area contributed by atoms with Gasteiger partial charge in [-0.1, -0.05) is 0 Å². The van der Waals surface area contributed by atoms with E-state index in [1.54, 1.807) is 14.2 Å². The first-order valence-electron chi connectivity index (χ1n) is 9.75. The molecule has 2 aliphatic rings. The average Bonchev–Trinajstić information content (AvgIpc) is 2.73. The lowest BCUT2D eigenvalue weighted by atomic mass is 9.95. The van der Waals surface area contributed by atoms with E-state index in [1.165, 1.54) is 11.1 Å². The van der Waals surface area contributed by atoms with E-state index in [0.29, 0.717) is 12.2 Å². The van der Waals surface area contributed by atoms with Gasteiger partial charge in [-0.3, -0.25) is 4.90 Å². The molecule has 0 spiro atoms. The normalized spacial score (nSPS) is 19.5. The number of carboxylic acids is 2. The molecule has 0 aromatic heterocycles. The predicted molar refractivity (Wildman–Crippen MR) is 110 cm³/mol. The zero-order valence-corrected chi connectivity index (χ0v) is 17.7. The number of aliphatic carboxylic acids is 2. The molecule has 9 heteroatoms. The SMILES string of the molecule is COc1ccc(OC)c2c1CCOC2CN1CCN(C)CC1.O=C(O)C=CC(=O)O. The summed E-state index contributed by atoms with van der Waals surface area (Å²) in [7, 11) is 5.63. The van der Waals surface area contributed by atoms with Gasteiger partial charge in [-0.2, -0.15) is 0 Å². The highest BCUT2D eigenvalue weighted by atomic mass is 16.5. The second kappa shape index (κ2) is 11.5. The number of carbonyl (C=O) groups is 2. The average molecular weight is 422 g/mol. The third-order valence-electron chi connectivity index (χ3n) is 5.10. The Morgan fingerprint density at radius 3 is 2.17 bits per heavy atom. The molecule has 1 unspecified atom stereocenters. The molecule has 1 aromatic rings. The Morgan fingerprint density at radius 1 is 1.07 bits per heavy atom. The van der Waals surface area contributed by atoms with Gasteiger partial charge in [0.25, 0.3) is 0 Å². The molecule has 0 amide bonds. The molecule has 0 radical (unpaired) electrons. The lowest BCUT2D eigenvalue weighted by Gasteiger charge is -2.36. The topological polar surface area (TPSA) is 109 Å². The van der Waals surface area contributed by atoms with Crippen molar-refractivity contribution in [1.29, 1.82) is 0 Å². The summed E-state index contributed by atoms with van der Waals surface area (Å²) in [5.41, 5.74) is 2.42. The summed E-state index contributed by atoms with van der Waals surface area (Å²) >= 11 is 0. The summed E-state index contributed by atoms with van der Waals surface area (Å²) in [6, 6.07) is 3.99. The quantitative estimate of drug-likeness (QED) is 0.655. The minimum atomic E-state index is -1.26. The molecule has 0 saturated carbocycles. The molecule has 1 saturated heterocycles. The highest BCUT2D eigenvalue weighted by molar-refractivity contribution is 5.89. The van der Waals surface area contributed by atoms with Crippen molar-refractivity contribution in [1.82, 2.24) is 9.80 Å². The lowest BCUT2D eigenvalue weighted by Crippen LogP contribution is -2.46. The van der Waals surface area contributed by atoms with Gasteiger partial charge >= 0.3 is 11.9 Å². The highest BCUT2D eigenvalue weighted by Gasteiger charge is 2.29. The Balaban J connectivity index is 0.000000343. The molecule has 1 fully saturated rings. The van der Waals surface area contributed by atoms with Crippen molar-refractivity contribution in [3.8, 4) is 11.5 Å². The number of rotatable bonds is 6. The van der Waals surface area contributed by atoms with Crippen molar-refractivity contribution in [2.45, 2.75) is 12.5 Å². The van der Waals surface area contributed by atoms with Crippen LogP contribution in [0.25, 0.3) is 0 Å². The van der Waals surface area contributed by atoms with Crippen LogP contribution in [-0.2, 0) is 20.7 Å². The number of benzene rings is 1. The second-order valence-corrected chi connectivity index (χ2v) is 7.09. The smallest absolute Gasteiger partial charge is 0.328 e. The van der Waals surface area contributed by atoms with Crippen molar-refractivity contribution in [2.75, 3.05) is 60.6 Å². The summed E-state index contributed by atoms with van der Waals surface area (Å²) in [4.78, 5) is 24.0. The van der Waals surface area contributed by atoms with Crippen LogP contribution in [0.15, 0.2) is 24.3 Å². The van der Waals surface area contributed by atoms with Crippen molar-refractivity contribution >= 4 is 11.9 Å². The van der Waals surface area contributed by atoms with Gasteiger partial charge in [0.2, 0.25) is 0 Å². The number of fused-ring (bicyclic) bond motifs is 1. The first kappa shape index (κ1) is 23.7. The number of piperazine rings is 1. The molecule has 0 aliphatic carbocycles. The van der Waals surface area contributed by atoms with Gasteiger partial charge in [0.05, 0.1) is 26.9 Å². The van der Waals surface area contributed by atoms with Gasteiger partial charge in [-0.15, -0.1) is 0 Å². The van der Waals surface area contributed by atoms with Gasteiger partial charge in [0.15, 0.2) is 0 Å². The number of methoxy groups -OCH3 is 2. The van der Waals surface area contributed by atoms with Gasteiger partial charge in [-0.05, 0) is 25.6 Å². The summed E-state index contributed by atoms with van der Waals surface area (Å²) < 4.78 is 17.2. The molecule has 9 nitrogen and oxygen atoms in total. The van der Waals surface area contributed by atoms with Crippen LogP contribution in [0.4, 0.5) is 0 Å². The summed E-state index contributed by atoms with van der Waals surface area (Å²) in [6.07, 6.45) is 2.07. The van der Waals surface area contributed by atoms with E-state index < -0.39 is 11.9 Å². The maximum atomic E-state index is 9.55. The molecule has 3 rings (SSSR count). The van der Waals surface area contributed by atoms with Crippen LogP contribution >= 0.6 is 0 Å². The van der Waals surface area contributed by atoms with Crippen molar-refractivity contribution in [2.24, 2.45) is 0 Å². The monoisotopic (exact) mass is 422 g/mol. The zero-order chi connectivity index (χ0) is 22.1. The Morgan fingerprint density at radius 2 is 1.63 bits per heavy atom. The van der Waals surface area contributed by atoms with E-state index in [1.807, 2.05) is 12.1 Å². The van der Waals surface area contributed by atoms with Crippen LogP contribution in [0, 0.1) is 0 Å².